The molecule has 2 N–H and O–H groups in total. The summed E-state index contributed by atoms with van der Waals surface area (Å²) in [6.07, 6.45) is 2.04. The van der Waals surface area contributed by atoms with Crippen molar-refractivity contribution in [3.63, 3.8) is 0 Å². The third kappa shape index (κ3) is 2.52. The van der Waals surface area contributed by atoms with Gasteiger partial charge in [-0.2, -0.15) is 5.10 Å². The number of hydrogen-bond acceptors (Lipinski definition) is 2. The van der Waals surface area contributed by atoms with E-state index in [1.54, 1.807) is 0 Å². The first-order valence-corrected chi connectivity index (χ1v) is 6.52. The first-order chi connectivity index (χ1) is 8.11. The number of nitrogens with two attached hydrogens (primary N) is 1. The van der Waals surface area contributed by atoms with E-state index in [0.29, 0.717) is 5.82 Å². The number of benzene rings is 1. The zero-order valence-electron chi connectivity index (χ0n) is 10.1. The lowest BCUT2D eigenvalue weighted by atomic mass is 10.2. The van der Waals surface area contributed by atoms with Crippen LogP contribution in [0.4, 0.5) is 5.82 Å². The highest BCUT2D eigenvalue weighted by Crippen LogP contribution is 2.22. The fourth-order valence-electron chi connectivity index (χ4n) is 1.87. The molecule has 2 aromatic rings. The van der Waals surface area contributed by atoms with Gasteiger partial charge in [-0.15, -0.1) is 0 Å². The summed E-state index contributed by atoms with van der Waals surface area (Å²) in [5, 5.41) is 4.54. The van der Waals surface area contributed by atoms with Crippen molar-refractivity contribution in [3.8, 4) is 5.69 Å². The molecule has 90 valence electrons. The number of anilines is 1. The normalized spacial score (nSPS) is 10.8. The molecule has 0 amide bonds. The van der Waals surface area contributed by atoms with Gasteiger partial charge in [-0.05, 0) is 37.1 Å². The van der Waals surface area contributed by atoms with Crippen molar-refractivity contribution in [2.75, 3.05) is 5.73 Å². The van der Waals surface area contributed by atoms with E-state index < -0.39 is 0 Å². The van der Waals surface area contributed by atoms with Crippen LogP contribution < -0.4 is 5.73 Å². The molecule has 2 rings (SSSR count). The van der Waals surface area contributed by atoms with Gasteiger partial charge in [0.25, 0.3) is 0 Å². The third-order valence-electron chi connectivity index (χ3n) is 2.68. The number of nitrogen functional groups attached to an aromatic ring is 1. The van der Waals surface area contributed by atoms with Crippen LogP contribution in [0.1, 0.15) is 24.6 Å². The van der Waals surface area contributed by atoms with Crippen LogP contribution >= 0.6 is 15.9 Å². The van der Waals surface area contributed by atoms with E-state index in [4.69, 9.17) is 5.73 Å². The standard InChI is InChI=1S/C13H16BrN3/c1-3-4-11-8-13(15)17(16-11)12-6-5-10(14)7-9(12)2/h5-8H,3-4,15H2,1-2H3. The molecule has 0 fully saturated rings. The summed E-state index contributed by atoms with van der Waals surface area (Å²) in [5.74, 6) is 0.693. The van der Waals surface area contributed by atoms with E-state index in [1.807, 2.05) is 22.9 Å². The molecular formula is C13H16BrN3. The van der Waals surface area contributed by atoms with Gasteiger partial charge in [-0.1, -0.05) is 29.3 Å². The number of aromatic nitrogens is 2. The lowest BCUT2D eigenvalue weighted by Crippen LogP contribution is -2.03. The summed E-state index contributed by atoms with van der Waals surface area (Å²) in [5.41, 5.74) is 9.23. The molecule has 3 nitrogen and oxygen atoms in total. The predicted octanol–water partition coefficient (Wildman–Crippen LogP) is 3.48. The lowest BCUT2D eigenvalue weighted by molar-refractivity contribution is 0.808. The van der Waals surface area contributed by atoms with Crippen LogP contribution in [0.25, 0.3) is 5.69 Å². The Morgan fingerprint density at radius 3 is 2.76 bits per heavy atom. The van der Waals surface area contributed by atoms with Crippen LogP contribution in [0.5, 0.6) is 0 Å². The second-order valence-electron chi connectivity index (χ2n) is 4.15. The van der Waals surface area contributed by atoms with Crippen LogP contribution in [0.15, 0.2) is 28.7 Å². The smallest absolute Gasteiger partial charge is 0.127 e. The molecule has 0 aliphatic heterocycles. The predicted molar refractivity (Wildman–Crippen MR) is 74.4 cm³/mol. The Balaban J connectivity index is 2.45. The first kappa shape index (κ1) is 12.2. The molecule has 0 saturated heterocycles. The van der Waals surface area contributed by atoms with Crippen molar-refractivity contribution in [1.82, 2.24) is 9.78 Å². The Labute approximate surface area is 110 Å². The Kier molecular flexibility index (Phi) is 3.52. The van der Waals surface area contributed by atoms with Crippen LogP contribution in [-0.4, -0.2) is 9.78 Å². The monoisotopic (exact) mass is 293 g/mol. The molecule has 0 saturated carbocycles. The second kappa shape index (κ2) is 4.92. The Morgan fingerprint density at radius 1 is 1.35 bits per heavy atom. The summed E-state index contributed by atoms with van der Waals surface area (Å²) in [4.78, 5) is 0. The van der Waals surface area contributed by atoms with E-state index in [9.17, 15) is 0 Å². The second-order valence-corrected chi connectivity index (χ2v) is 5.07. The van der Waals surface area contributed by atoms with Crippen molar-refractivity contribution in [2.45, 2.75) is 26.7 Å². The van der Waals surface area contributed by atoms with Crippen molar-refractivity contribution < 1.29 is 0 Å². The molecule has 0 atom stereocenters. The molecule has 0 spiro atoms. The molecule has 0 aliphatic rings. The SMILES string of the molecule is CCCc1cc(N)n(-c2ccc(Br)cc2C)n1. The molecule has 0 aliphatic carbocycles. The van der Waals surface area contributed by atoms with Gasteiger partial charge in [0.1, 0.15) is 5.82 Å². The average Bonchev–Trinajstić information content (AvgIpc) is 2.60. The van der Waals surface area contributed by atoms with Gasteiger partial charge in [-0.3, -0.25) is 0 Å². The van der Waals surface area contributed by atoms with Gasteiger partial charge in [0.15, 0.2) is 0 Å². The summed E-state index contributed by atoms with van der Waals surface area (Å²) in [6, 6.07) is 8.04. The average molecular weight is 294 g/mol. The third-order valence-corrected chi connectivity index (χ3v) is 3.17. The first-order valence-electron chi connectivity index (χ1n) is 5.72. The maximum Gasteiger partial charge on any atom is 0.127 e. The van der Waals surface area contributed by atoms with E-state index in [0.717, 1.165) is 34.3 Å². The summed E-state index contributed by atoms with van der Waals surface area (Å²) < 4.78 is 2.88. The van der Waals surface area contributed by atoms with E-state index in [-0.39, 0.29) is 0 Å². The van der Waals surface area contributed by atoms with Gasteiger partial charge in [0.2, 0.25) is 0 Å². The van der Waals surface area contributed by atoms with Crippen molar-refractivity contribution in [3.05, 3.63) is 40.0 Å². The molecular weight excluding hydrogens is 278 g/mol. The van der Waals surface area contributed by atoms with Gasteiger partial charge in [0, 0.05) is 10.5 Å². The number of rotatable bonds is 3. The molecule has 0 bridgehead atoms. The highest BCUT2D eigenvalue weighted by molar-refractivity contribution is 9.10. The topological polar surface area (TPSA) is 43.8 Å². The molecule has 1 aromatic heterocycles. The fraction of sp³-hybridized carbons (Fsp3) is 0.308. The summed E-state index contributed by atoms with van der Waals surface area (Å²) in [6.45, 7) is 4.20. The van der Waals surface area contributed by atoms with Gasteiger partial charge >= 0.3 is 0 Å². The Morgan fingerprint density at radius 2 is 2.12 bits per heavy atom. The zero-order valence-corrected chi connectivity index (χ0v) is 11.7. The van der Waals surface area contributed by atoms with Crippen LogP contribution in [0.2, 0.25) is 0 Å². The fourth-order valence-corrected chi connectivity index (χ4v) is 2.35. The molecule has 1 aromatic carbocycles. The van der Waals surface area contributed by atoms with Gasteiger partial charge < -0.3 is 5.73 Å². The van der Waals surface area contributed by atoms with Crippen molar-refractivity contribution in [2.24, 2.45) is 0 Å². The highest BCUT2D eigenvalue weighted by Gasteiger charge is 2.08. The maximum absolute atomic E-state index is 6.00. The Bertz CT molecular complexity index is 531. The minimum atomic E-state index is 0.693. The molecule has 0 radical (unpaired) electrons. The molecule has 1 heterocycles. The maximum atomic E-state index is 6.00. The van der Waals surface area contributed by atoms with Gasteiger partial charge in [0.05, 0.1) is 11.4 Å². The summed E-state index contributed by atoms with van der Waals surface area (Å²) >= 11 is 3.46. The molecule has 4 heteroatoms. The van der Waals surface area contributed by atoms with E-state index in [2.05, 4.69) is 40.9 Å². The number of halogens is 1. The van der Waals surface area contributed by atoms with Crippen LogP contribution in [-0.2, 0) is 6.42 Å². The number of nitrogens with zero attached hydrogens (tertiary/aromatic N) is 2. The molecule has 0 unspecified atom stereocenters. The zero-order chi connectivity index (χ0) is 12.4. The minimum Gasteiger partial charge on any atom is -0.384 e. The van der Waals surface area contributed by atoms with E-state index >= 15 is 0 Å². The van der Waals surface area contributed by atoms with Crippen LogP contribution in [0, 0.1) is 6.92 Å². The minimum absolute atomic E-state index is 0.693. The number of hydrogen-bond donors (Lipinski definition) is 1. The van der Waals surface area contributed by atoms with Crippen LogP contribution in [0.3, 0.4) is 0 Å². The van der Waals surface area contributed by atoms with Gasteiger partial charge in [-0.25, -0.2) is 4.68 Å². The number of aryl methyl sites for hydroxylation is 2. The lowest BCUT2D eigenvalue weighted by Gasteiger charge is -2.07. The summed E-state index contributed by atoms with van der Waals surface area (Å²) in [7, 11) is 0. The Hall–Kier alpha value is -1.29. The largest absolute Gasteiger partial charge is 0.384 e. The molecule has 17 heavy (non-hydrogen) atoms. The van der Waals surface area contributed by atoms with E-state index in [1.165, 1.54) is 0 Å². The van der Waals surface area contributed by atoms with Crippen molar-refractivity contribution >= 4 is 21.7 Å². The quantitative estimate of drug-likeness (QED) is 0.942. The van der Waals surface area contributed by atoms with Crippen molar-refractivity contribution in [1.29, 1.82) is 0 Å². The highest BCUT2D eigenvalue weighted by atomic mass is 79.9.